The standard InChI is InChI=1S/C16H32N2/c1-13-7-6-10-15(11-13)18(2)12-16(17)14-8-4-3-5-9-14/h13-16H,3-12,17H2,1-2H3. The van der Waals surface area contributed by atoms with Crippen LogP contribution in [0.4, 0.5) is 0 Å². The first-order valence-electron chi connectivity index (χ1n) is 8.12. The molecule has 0 aromatic rings. The van der Waals surface area contributed by atoms with E-state index in [4.69, 9.17) is 5.73 Å². The summed E-state index contributed by atoms with van der Waals surface area (Å²) in [6.07, 6.45) is 12.6. The summed E-state index contributed by atoms with van der Waals surface area (Å²) in [6.45, 7) is 3.52. The quantitative estimate of drug-likeness (QED) is 0.831. The van der Waals surface area contributed by atoms with Gasteiger partial charge in [-0.15, -0.1) is 0 Å². The summed E-state index contributed by atoms with van der Waals surface area (Å²) in [4.78, 5) is 2.56. The van der Waals surface area contributed by atoms with Gasteiger partial charge in [-0.1, -0.05) is 39.0 Å². The summed E-state index contributed by atoms with van der Waals surface area (Å²) >= 11 is 0. The molecule has 2 N–H and O–H groups in total. The zero-order chi connectivity index (χ0) is 13.0. The lowest BCUT2D eigenvalue weighted by Gasteiger charge is -2.37. The first kappa shape index (κ1) is 14.3. The third-order valence-electron chi connectivity index (χ3n) is 5.29. The minimum atomic E-state index is 0.410. The highest BCUT2D eigenvalue weighted by Gasteiger charge is 2.26. The number of rotatable bonds is 4. The molecule has 0 radical (unpaired) electrons. The molecule has 3 unspecified atom stereocenters. The topological polar surface area (TPSA) is 29.3 Å². The Bertz CT molecular complexity index is 235. The fraction of sp³-hybridized carbons (Fsp3) is 1.00. The van der Waals surface area contributed by atoms with Crippen LogP contribution in [-0.2, 0) is 0 Å². The second-order valence-electron chi connectivity index (χ2n) is 6.93. The highest BCUT2D eigenvalue weighted by molar-refractivity contribution is 4.83. The van der Waals surface area contributed by atoms with Crippen LogP contribution in [0.1, 0.15) is 64.7 Å². The van der Waals surface area contributed by atoms with Crippen LogP contribution >= 0.6 is 0 Å². The fourth-order valence-electron chi connectivity index (χ4n) is 4.00. The maximum atomic E-state index is 6.45. The molecule has 0 heterocycles. The Labute approximate surface area is 113 Å². The summed E-state index contributed by atoms with van der Waals surface area (Å²) in [6, 6.07) is 1.20. The Morgan fingerprint density at radius 2 is 1.78 bits per heavy atom. The lowest BCUT2D eigenvalue weighted by Crippen LogP contribution is -2.46. The van der Waals surface area contributed by atoms with Crippen molar-refractivity contribution in [1.82, 2.24) is 4.90 Å². The Hall–Kier alpha value is -0.0800. The minimum absolute atomic E-state index is 0.410. The highest BCUT2D eigenvalue weighted by Crippen LogP contribution is 2.29. The zero-order valence-electron chi connectivity index (χ0n) is 12.4. The monoisotopic (exact) mass is 252 g/mol. The van der Waals surface area contributed by atoms with Crippen molar-refractivity contribution in [1.29, 1.82) is 0 Å². The number of nitrogens with two attached hydrogens (primary N) is 1. The normalized spacial score (nSPS) is 32.7. The Morgan fingerprint density at radius 3 is 2.44 bits per heavy atom. The lowest BCUT2D eigenvalue weighted by atomic mass is 9.83. The molecule has 2 nitrogen and oxygen atoms in total. The minimum Gasteiger partial charge on any atom is -0.326 e. The maximum absolute atomic E-state index is 6.45. The molecule has 0 spiro atoms. The molecular formula is C16H32N2. The van der Waals surface area contributed by atoms with Crippen LogP contribution in [-0.4, -0.2) is 30.6 Å². The van der Waals surface area contributed by atoms with Crippen LogP contribution < -0.4 is 5.73 Å². The second-order valence-corrected chi connectivity index (χ2v) is 6.93. The molecule has 2 aliphatic carbocycles. The van der Waals surface area contributed by atoms with Gasteiger partial charge in [-0.2, -0.15) is 0 Å². The van der Waals surface area contributed by atoms with Crippen molar-refractivity contribution in [3.63, 3.8) is 0 Å². The predicted molar refractivity (Wildman–Crippen MR) is 78.6 cm³/mol. The van der Waals surface area contributed by atoms with E-state index in [-0.39, 0.29) is 0 Å². The average Bonchev–Trinajstić information content (AvgIpc) is 2.39. The van der Waals surface area contributed by atoms with Crippen molar-refractivity contribution < 1.29 is 0 Å². The van der Waals surface area contributed by atoms with E-state index >= 15 is 0 Å². The first-order chi connectivity index (χ1) is 8.66. The fourth-order valence-corrected chi connectivity index (χ4v) is 4.00. The van der Waals surface area contributed by atoms with Crippen LogP contribution in [0.3, 0.4) is 0 Å². The number of likely N-dealkylation sites (N-methyl/N-ethyl adjacent to an activating group) is 1. The van der Waals surface area contributed by atoms with Crippen molar-refractivity contribution in [2.75, 3.05) is 13.6 Å². The molecule has 2 aliphatic rings. The van der Waals surface area contributed by atoms with Crippen LogP contribution in [0, 0.1) is 11.8 Å². The van der Waals surface area contributed by atoms with Gasteiger partial charge >= 0.3 is 0 Å². The van der Waals surface area contributed by atoms with Gasteiger partial charge in [0.25, 0.3) is 0 Å². The van der Waals surface area contributed by atoms with E-state index in [0.29, 0.717) is 6.04 Å². The molecule has 0 aliphatic heterocycles. The molecule has 106 valence electrons. The van der Waals surface area contributed by atoms with Gasteiger partial charge in [0.2, 0.25) is 0 Å². The van der Waals surface area contributed by atoms with Gasteiger partial charge in [0.1, 0.15) is 0 Å². The zero-order valence-corrected chi connectivity index (χ0v) is 12.4. The van der Waals surface area contributed by atoms with Gasteiger partial charge in [0.05, 0.1) is 0 Å². The summed E-state index contributed by atoms with van der Waals surface area (Å²) in [5.41, 5.74) is 6.45. The van der Waals surface area contributed by atoms with Gasteiger partial charge in [-0.25, -0.2) is 0 Å². The third-order valence-corrected chi connectivity index (χ3v) is 5.29. The molecule has 2 fully saturated rings. The van der Waals surface area contributed by atoms with Crippen molar-refractivity contribution in [2.24, 2.45) is 17.6 Å². The van der Waals surface area contributed by atoms with Gasteiger partial charge in [0, 0.05) is 18.6 Å². The van der Waals surface area contributed by atoms with Gasteiger partial charge < -0.3 is 10.6 Å². The predicted octanol–water partition coefficient (Wildman–Crippen LogP) is 3.40. The van der Waals surface area contributed by atoms with Gasteiger partial charge in [-0.05, 0) is 44.6 Å². The van der Waals surface area contributed by atoms with E-state index in [0.717, 1.165) is 24.4 Å². The average molecular weight is 252 g/mol. The Balaban J connectivity index is 1.76. The Morgan fingerprint density at radius 1 is 1.06 bits per heavy atom. The molecule has 2 saturated carbocycles. The molecule has 0 aromatic carbocycles. The molecule has 18 heavy (non-hydrogen) atoms. The van der Waals surface area contributed by atoms with E-state index in [9.17, 15) is 0 Å². The van der Waals surface area contributed by atoms with E-state index in [2.05, 4.69) is 18.9 Å². The highest BCUT2D eigenvalue weighted by atomic mass is 15.1. The van der Waals surface area contributed by atoms with Crippen molar-refractivity contribution >= 4 is 0 Å². The molecule has 2 heteroatoms. The summed E-state index contributed by atoms with van der Waals surface area (Å²) in [7, 11) is 2.30. The third kappa shape index (κ3) is 3.96. The Kier molecular flexibility index (Phi) is 5.50. The molecular weight excluding hydrogens is 220 g/mol. The molecule has 0 saturated heterocycles. The first-order valence-corrected chi connectivity index (χ1v) is 8.12. The smallest absolute Gasteiger partial charge is 0.0196 e. The van der Waals surface area contributed by atoms with E-state index in [1.54, 1.807) is 0 Å². The van der Waals surface area contributed by atoms with E-state index in [1.807, 2.05) is 0 Å². The van der Waals surface area contributed by atoms with Crippen LogP contribution in [0.25, 0.3) is 0 Å². The van der Waals surface area contributed by atoms with Crippen molar-refractivity contribution in [3.8, 4) is 0 Å². The second kappa shape index (κ2) is 6.91. The molecule has 2 rings (SSSR count). The van der Waals surface area contributed by atoms with Gasteiger partial charge in [-0.3, -0.25) is 0 Å². The lowest BCUT2D eigenvalue weighted by molar-refractivity contribution is 0.139. The van der Waals surface area contributed by atoms with Crippen LogP contribution in [0.15, 0.2) is 0 Å². The van der Waals surface area contributed by atoms with Crippen molar-refractivity contribution in [2.45, 2.75) is 76.8 Å². The van der Waals surface area contributed by atoms with Gasteiger partial charge in [0.15, 0.2) is 0 Å². The molecule has 0 bridgehead atoms. The van der Waals surface area contributed by atoms with Crippen LogP contribution in [0.5, 0.6) is 0 Å². The van der Waals surface area contributed by atoms with E-state index < -0.39 is 0 Å². The maximum Gasteiger partial charge on any atom is 0.0196 e. The van der Waals surface area contributed by atoms with E-state index in [1.165, 1.54) is 57.8 Å². The summed E-state index contributed by atoms with van der Waals surface area (Å²) in [5, 5.41) is 0. The number of hydrogen-bond acceptors (Lipinski definition) is 2. The molecule has 3 atom stereocenters. The number of nitrogens with zero attached hydrogens (tertiary/aromatic N) is 1. The molecule has 0 aromatic heterocycles. The van der Waals surface area contributed by atoms with Crippen molar-refractivity contribution in [3.05, 3.63) is 0 Å². The summed E-state index contributed by atoms with van der Waals surface area (Å²) in [5.74, 6) is 1.71. The number of hydrogen-bond donors (Lipinski definition) is 1. The molecule has 0 amide bonds. The largest absolute Gasteiger partial charge is 0.326 e. The SMILES string of the molecule is CC1CCCC(N(C)CC(N)C2CCCCC2)C1. The summed E-state index contributed by atoms with van der Waals surface area (Å²) < 4.78 is 0. The van der Waals surface area contributed by atoms with Crippen LogP contribution in [0.2, 0.25) is 0 Å².